The maximum atomic E-state index is 12.2. The lowest BCUT2D eigenvalue weighted by molar-refractivity contribution is -0.150. The molecule has 0 fully saturated rings. The van der Waals surface area contributed by atoms with Crippen molar-refractivity contribution in [3.05, 3.63) is 29.3 Å². The Labute approximate surface area is 119 Å². The van der Waals surface area contributed by atoms with Gasteiger partial charge in [-0.25, -0.2) is 4.79 Å². The molecule has 1 aromatic carbocycles. The zero-order chi connectivity index (χ0) is 15.3. The van der Waals surface area contributed by atoms with Crippen LogP contribution < -0.4 is 5.32 Å². The van der Waals surface area contributed by atoms with E-state index < -0.39 is 11.5 Å². The number of para-hydroxylation sites is 1. The molecule has 110 valence electrons. The summed E-state index contributed by atoms with van der Waals surface area (Å²) in [6.45, 7) is 5.16. The lowest BCUT2D eigenvalue weighted by Crippen LogP contribution is -2.53. The number of ketones is 1. The fourth-order valence-electron chi connectivity index (χ4n) is 1.98. The molecule has 5 heteroatoms. The van der Waals surface area contributed by atoms with Crippen molar-refractivity contribution < 1.29 is 19.1 Å². The lowest BCUT2D eigenvalue weighted by Gasteiger charge is -2.29. The number of ether oxygens (including phenoxy) is 2. The second kappa shape index (κ2) is 6.52. The highest BCUT2D eigenvalue weighted by Gasteiger charge is 2.42. The largest absolute Gasteiger partial charge is 0.467 e. The van der Waals surface area contributed by atoms with E-state index in [0.29, 0.717) is 0 Å². The minimum Gasteiger partial charge on any atom is -0.467 e. The second-order valence-corrected chi connectivity index (χ2v) is 4.86. The van der Waals surface area contributed by atoms with Crippen LogP contribution in [0.25, 0.3) is 0 Å². The molecule has 20 heavy (non-hydrogen) atoms. The number of carbonyl (C=O) groups excluding carboxylic acids is 2. The lowest BCUT2D eigenvalue weighted by atomic mass is 9.94. The van der Waals surface area contributed by atoms with E-state index in [9.17, 15) is 9.59 Å². The first-order valence-electron chi connectivity index (χ1n) is 6.32. The number of aryl methyl sites for hydroxylation is 2. The van der Waals surface area contributed by atoms with Gasteiger partial charge < -0.3 is 14.8 Å². The van der Waals surface area contributed by atoms with Crippen molar-refractivity contribution in [1.82, 2.24) is 0 Å². The number of anilines is 1. The van der Waals surface area contributed by atoms with Gasteiger partial charge in [0.05, 0.1) is 7.11 Å². The van der Waals surface area contributed by atoms with E-state index in [-0.39, 0.29) is 12.4 Å². The molecule has 0 unspecified atom stereocenters. The quantitative estimate of drug-likeness (QED) is 0.636. The van der Waals surface area contributed by atoms with Crippen LogP contribution >= 0.6 is 0 Å². The monoisotopic (exact) mass is 279 g/mol. The summed E-state index contributed by atoms with van der Waals surface area (Å²) in [5.41, 5.74) is 1.18. The van der Waals surface area contributed by atoms with Crippen LogP contribution in [-0.4, -0.2) is 38.1 Å². The predicted octanol–water partition coefficient (Wildman–Crippen LogP) is 1.86. The Hall–Kier alpha value is -1.88. The Kier molecular flexibility index (Phi) is 5.27. The Morgan fingerprint density at radius 2 is 1.75 bits per heavy atom. The normalized spacial score (nSPS) is 13.4. The zero-order valence-corrected chi connectivity index (χ0v) is 12.6. The summed E-state index contributed by atoms with van der Waals surface area (Å²) in [7, 11) is 2.67. The van der Waals surface area contributed by atoms with E-state index in [1.165, 1.54) is 21.1 Å². The Balaban J connectivity index is 3.20. The van der Waals surface area contributed by atoms with Crippen molar-refractivity contribution in [1.29, 1.82) is 0 Å². The van der Waals surface area contributed by atoms with E-state index in [4.69, 9.17) is 9.47 Å². The molecule has 1 rings (SSSR count). The number of Topliss-reactive ketones (excluding diaryl/α,β-unsaturated/α-hetero) is 1. The van der Waals surface area contributed by atoms with Crippen molar-refractivity contribution in [3.63, 3.8) is 0 Å². The predicted molar refractivity (Wildman–Crippen MR) is 76.8 cm³/mol. The molecule has 0 spiro atoms. The van der Waals surface area contributed by atoms with E-state index >= 15 is 0 Å². The van der Waals surface area contributed by atoms with Crippen LogP contribution in [0.2, 0.25) is 0 Å². The van der Waals surface area contributed by atoms with Crippen LogP contribution in [0.1, 0.15) is 18.1 Å². The van der Waals surface area contributed by atoms with Crippen LogP contribution in [0.5, 0.6) is 0 Å². The summed E-state index contributed by atoms with van der Waals surface area (Å²) in [4.78, 5) is 24.2. The van der Waals surface area contributed by atoms with Gasteiger partial charge in [-0.2, -0.15) is 0 Å². The Bertz CT molecular complexity index is 492. The molecule has 0 aliphatic heterocycles. The minimum atomic E-state index is -1.47. The highest BCUT2D eigenvalue weighted by Crippen LogP contribution is 2.25. The van der Waals surface area contributed by atoms with E-state index in [1.54, 1.807) is 0 Å². The molecule has 1 N–H and O–H groups in total. The van der Waals surface area contributed by atoms with E-state index in [0.717, 1.165) is 16.8 Å². The minimum absolute atomic E-state index is 0.163. The summed E-state index contributed by atoms with van der Waals surface area (Å²) < 4.78 is 9.60. The third-order valence-electron chi connectivity index (χ3n) is 3.28. The molecule has 0 saturated heterocycles. The molecule has 0 aliphatic rings. The van der Waals surface area contributed by atoms with Gasteiger partial charge in [0, 0.05) is 12.8 Å². The summed E-state index contributed by atoms with van der Waals surface area (Å²) in [5, 5.41) is 3.02. The molecule has 0 aromatic heterocycles. The molecule has 1 aromatic rings. The average molecular weight is 279 g/mol. The fraction of sp³-hybridized carbons (Fsp3) is 0.467. The number of carbonyl (C=O) groups is 2. The van der Waals surface area contributed by atoms with Crippen molar-refractivity contribution in [2.24, 2.45) is 0 Å². The molecule has 0 heterocycles. The van der Waals surface area contributed by atoms with Crippen LogP contribution in [0, 0.1) is 13.8 Å². The van der Waals surface area contributed by atoms with Crippen molar-refractivity contribution in [3.8, 4) is 0 Å². The maximum Gasteiger partial charge on any atom is 0.339 e. The van der Waals surface area contributed by atoms with Crippen molar-refractivity contribution in [2.45, 2.75) is 26.3 Å². The number of hydrogen-bond donors (Lipinski definition) is 1. The molecule has 0 aliphatic carbocycles. The SMILES string of the molecule is COCC(=O)[C@](C)(Nc1c(C)cccc1C)C(=O)OC. The standard InChI is InChI=1S/C15H21NO4/c1-10-7-6-8-11(2)13(10)16-15(3,14(18)20-5)12(17)9-19-4/h6-8,16H,9H2,1-5H3/t15-/m0/s1. The van der Waals surface area contributed by atoms with Gasteiger partial charge in [-0.05, 0) is 31.9 Å². The third-order valence-corrected chi connectivity index (χ3v) is 3.28. The molecule has 0 radical (unpaired) electrons. The number of hydrogen-bond acceptors (Lipinski definition) is 5. The number of esters is 1. The number of methoxy groups -OCH3 is 2. The number of benzene rings is 1. The van der Waals surface area contributed by atoms with Gasteiger partial charge in [-0.15, -0.1) is 0 Å². The summed E-state index contributed by atoms with van der Waals surface area (Å²) in [5.74, 6) is -1.02. The first kappa shape index (κ1) is 16.2. The van der Waals surface area contributed by atoms with Gasteiger partial charge in [0.2, 0.25) is 0 Å². The molecule has 0 amide bonds. The first-order chi connectivity index (χ1) is 9.36. The highest BCUT2D eigenvalue weighted by molar-refractivity contribution is 6.11. The van der Waals surface area contributed by atoms with Gasteiger partial charge in [-0.3, -0.25) is 4.79 Å². The summed E-state index contributed by atoms with van der Waals surface area (Å²) in [6, 6.07) is 5.74. The average Bonchev–Trinajstić information content (AvgIpc) is 2.42. The smallest absolute Gasteiger partial charge is 0.339 e. The van der Waals surface area contributed by atoms with Gasteiger partial charge in [0.1, 0.15) is 6.61 Å². The van der Waals surface area contributed by atoms with E-state index in [2.05, 4.69) is 5.32 Å². The van der Waals surface area contributed by atoms with Crippen LogP contribution in [0.15, 0.2) is 18.2 Å². The highest BCUT2D eigenvalue weighted by atomic mass is 16.5. The Morgan fingerprint density at radius 1 is 1.20 bits per heavy atom. The van der Waals surface area contributed by atoms with Crippen LogP contribution in [0.3, 0.4) is 0 Å². The summed E-state index contributed by atoms with van der Waals surface area (Å²) >= 11 is 0. The molecule has 1 atom stereocenters. The molecular weight excluding hydrogens is 258 g/mol. The van der Waals surface area contributed by atoms with Crippen molar-refractivity contribution in [2.75, 3.05) is 26.1 Å². The van der Waals surface area contributed by atoms with Crippen LogP contribution in [-0.2, 0) is 19.1 Å². The molecule has 0 saturated carbocycles. The second-order valence-electron chi connectivity index (χ2n) is 4.86. The summed E-state index contributed by atoms with van der Waals surface area (Å²) in [6.07, 6.45) is 0. The zero-order valence-electron chi connectivity index (χ0n) is 12.6. The first-order valence-corrected chi connectivity index (χ1v) is 6.32. The number of rotatable bonds is 6. The third kappa shape index (κ3) is 3.17. The van der Waals surface area contributed by atoms with Crippen molar-refractivity contribution >= 4 is 17.4 Å². The van der Waals surface area contributed by atoms with Crippen LogP contribution in [0.4, 0.5) is 5.69 Å². The topological polar surface area (TPSA) is 64.6 Å². The number of nitrogens with one attached hydrogen (secondary N) is 1. The molecule has 5 nitrogen and oxygen atoms in total. The molecule has 0 bridgehead atoms. The van der Waals surface area contributed by atoms with Gasteiger partial charge in [-0.1, -0.05) is 18.2 Å². The van der Waals surface area contributed by atoms with E-state index in [1.807, 2.05) is 32.0 Å². The maximum absolute atomic E-state index is 12.2. The fourth-order valence-corrected chi connectivity index (χ4v) is 1.98. The van der Waals surface area contributed by atoms with Gasteiger partial charge in [0.25, 0.3) is 0 Å². The van der Waals surface area contributed by atoms with Gasteiger partial charge >= 0.3 is 5.97 Å². The molecular formula is C15H21NO4. The van der Waals surface area contributed by atoms with Gasteiger partial charge in [0.15, 0.2) is 11.3 Å². The Morgan fingerprint density at radius 3 is 2.20 bits per heavy atom.